The van der Waals surface area contributed by atoms with Gasteiger partial charge in [-0.15, -0.1) is 6.58 Å². The minimum absolute atomic E-state index is 1.05. The van der Waals surface area contributed by atoms with Crippen LogP contribution in [0.4, 0.5) is 0 Å². The minimum Gasteiger partial charge on any atom is -0.351 e. The van der Waals surface area contributed by atoms with Gasteiger partial charge < -0.3 is 4.98 Å². The molecule has 0 bridgehead atoms. The fourth-order valence-electron chi connectivity index (χ4n) is 0.215. The van der Waals surface area contributed by atoms with Crippen LogP contribution in [0.25, 0.3) is 0 Å². The van der Waals surface area contributed by atoms with Gasteiger partial charge in [-0.25, -0.2) is 4.98 Å². The molecule has 0 spiro atoms. The van der Waals surface area contributed by atoms with Crippen molar-refractivity contribution in [1.82, 2.24) is 9.97 Å². The Balaban J connectivity index is 0.000000148. The van der Waals surface area contributed by atoms with Gasteiger partial charge >= 0.3 is 0 Å². The van der Waals surface area contributed by atoms with Crippen LogP contribution >= 0.6 is 22.6 Å². The van der Waals surface area contributed by atoms with Gasteiger partial charge in [-0.2, -0.15) is 0 Å². The second-order valence-electron chi connectivity index (χ2n) is 1.20. The predicted molar refractivity (Wildman–Crippen MR) is 47.7 cm³/mol. The lowest BCUT2D eigenvalue weighted by Crippen LogP contribution is -1.44. The molecule has 0 aliphatic rings. The Morgan fingerprint density at radius 2 is 2.44 bits per heavy atom. The molecule has 9 heavy (non-hydrogen) atoms. The van der Waals surface area contributed by atoms with Crippen molar-refractivity contribution >= 4 is 22.6 Å². The molecular formula is C6H9IN2. The quantitative estimate of drug-likeness (QED) is 0.451. The maximum atomic E-state index is 3.67. The molecule has 0 unspecified atom stereocenters. The van der Waals surface area contributed by atoms with Crippen LogP contribution < -0.4 is 0 Å². The molecule has 0 amide bonds. The summed E-state index contributed by atoms with van der Waals surface area (Å²) in [6.07, 6.45) is 6.94. The first kappa shape index (κ1) is 8.68. The highest BCUT2D eigenvalue weighted by molar-refractivity contribution is 14.1. The van der Waals surface area contributed by atoms with Gasteiger partial charge in [-0.05, 0) is 0 Å². The van der Waals surface area contributed by atoms with E-state index in [2.05, 4.69) is 39.1 Å². The lowest BCUT2D eigenvalue weighted by molar-refractivity contribution is 1.31. The third kappa shape index (κ3) is 7.68. The van der Waals surface area contributed by atoms with Gasteiger partial charge in [0.2, 0.25) is 0 Å². The number of allylic oxidation sites excluding steroid dienone is 1. The van der Waals surface area contributed by atoms with Gasteiger partial charge in [-0.3, -0.25) is 0 Å². The number of imidazole rings is 1. The van der Waals surface area contributed by atoms with Crippen molar-refractivity contribution in [2.24, 2.45) is 0 Å². The highest BCUT2D eigenvalue weighted by atomic mass is 127. The normalized spacial score (nSPS) is 7.22. The number of nitrogens with zero attached hydrogens (tertiary/aromatic N) is 1. The van der Waals surface area contributed by atoms with Crippen LogP contribution in [0.15, 0.2) is 31.4 Å². The molecular weight excluding hydrogens is 227 g/mol. The van der Waals surface area contributed by atoms with E-state index in [-0.39, 0.29) is 0 Å². The average molecular weight is 236 g/mol. The number of hydrogen-bond acceptors (Lipinski definition) is 1. The Bertz CT molecular complexity index is 108. The molecule has 0 saturated carbocycles. The van der Waals surface area contributed by atoms with Crippen molar-refractivity contribution in [3.8, 4) is 0 Å². The number of halogens is 1. The van der Waals surface area contributed by atoms with Crippen LogP contribution in [-0.2, 0) is 0 Å². The fourth-order valence-corrected chi connectivity index (χ4v) is 0.215. The zero-order chi connectivity index (χ0) is 6.95. The Labute approximate surface area is 68.5 Å². The molecule has 3 heteroatoms. The Morgan fingerprint density at radius 3 is 2.56 bits per heavy atom. The van der Waals surface area contributed by atoms with Crippen molar-refractivity contribution < 1.29 is 0 Å². The van der Waals surface area contributed by atoms with Crippen LogP contribution in [0.2, 0.25) is 0 Å². The maximum absolute atomic E-state index is 3.67. The zero-order valence-corrected chi connectivity index (χ0v) is 7.21. The summed E-state index contributed by atoms with van der Waals surface area (Å²) >= 11 is 2.23. The Morgan fingerprint density at radius 1 is 1.78 bits per heavy atom. The van der Waals surface area contributed by atoms with Crippen LogP contribution in [-0.4, -0.2) is 14.4 Å². The number of H-pyrrole nitrogens is 1. The maximum Gasteiger partial charge on any atom is 0.0919 e. The highest BCUT2D eigenvalue weighted by Gasteiger charge is 1.56. The molecule has 1 rings (SSSR count). The SMILES string of the molecule is C=CCI.c1c[nH]cn1. The van der Waals surface area contributed by atoms with Crippen LogP contribution in [0.5, 0.6) is 0 Å². The van der Waals surface area contributed by atoms with Crippen molar-refractivity contribution in [1.29, 1.82) is 0 Å². The second kappa shape index (κ2) is 7.68. The van der Waals surface area contributed by atoms with Crippen LogP contribution in [0.1, 0.15) is 0 Å². The van der Waals surface area contributed by atoms with E-state index in [9.17, 15) is 0 Å². The lowest BCUT2D eigenvalue weighted by Gasteiger charge is -1.55. The summed E-state index contributed by atoms with van der Waals surface area (Å²) in [5.74, 6) is 0. The van der Waals surface area contributed by atoms with Gasteiger partial charge in [0, 0.05) is 16.8 Å². The highest BCUT2D eigenvalue weighted by Crippen LogP contribution is 1.75. The number of rotatable bonds is 1. The lowest BCUT2D eigenvalue weighted by atomic mass is 10.8. The number of nitrogens with one attached hydrogen (secondary N) is 1. The van der Waals surface area contributed by atoms with Crippen molar-refractivity contribution in [2.75, 3.05) is 4.43 Å². The molecule has 0 aromatic carbocycles. The largest absolute Gasteiger partial charge is 0.351 e. The van der Waals surface area contributed by atoms with Gasteiger partial charge in [0.1, 0.15) is 0 Å². The summed E-state index contributed by atoms with van der Waals surface area (Å²) in [6.45, 7) is 3.47. The molecule has 1 N–H and O–H groups in total. The monoisotopic (exact) mass is 236 g/mol. The summed E-state index contributed by atoms with van der Waals surface area (Å²) in [5.41, 5.74) is 0. The van der Waals surface area contributed by atoms with E-state index < -0.39 is 0 Å². The number of hydrogen-bond donors (Lipinski definition) is 1. The smallest absolute Gasteiger partial charge is 0.0919 e. The first-order chi connectivity index (χ1) is 4.41. The van der Waals surface area contributed by atoms with E-state index >= 15 is 0 Å². The Hall–Kier alpha value is -0.320. The molecule has 1 heterocycles. The minimum atomic E-state index is 1.05. The van der Waals surface area contributed by atoms with E-state index in [1.807, 2.05) is 6.08 Å². The molecule has 2 nitrogen and oxygen atoms in total. The van der Waals surface area contributed by atoms with Gasteiger partial charge in [0.05, 0.1) is 6.33 Å². The summed E-state index contributed by atoms with van der Waals surface area (Å²) in [4.78, 5) is 6.42. The van der Waals surface area contributed by atoms with Crippen molar-refractivity contribution in [3.63, 3.8) is 0 Å². The molecule has 0 aliphatic carbocycles. The zero-order valence-electron chi connectivity index (χ0n) is 5.05. The third-order valence-corrected chi connectivity index (χ3v) is 1.14. The molecule has 1 aromatic rings. The molecule has 50 valence electrons. The van der Waals surface area contributed by atoms with E-state index in [0.717, 1.165) is 4.43 Å². The summed E-state index contributed by atoms with van der Waals surface area (Å²) in [5, 5.41) is 0. The van der Waals surface area contributed by atoms with Crippen molar-refractivity contribution in [3.05, 3.63) is 31.4 Å². The van der Waals surface area contributed by atoms with Crippen LogP contribution in [0.3, 0.4) is 0 Å². The number of aromatic amines is 1. The molecule has 0 fully saturated rings. The van der Waals surface area contributed by atoms with E-state index in [0.29, 0.717) is 0 Å². The fraction of sp³-hybridized carbons (Fsp3) is 0.167. The predicted octanol–water partition coefficient (Wildman–Crippen LogP) is 2.02. The summed E-state index contributed by atoms with van der Waals surface area (Å²) in [7, 11) is 0. The molecule has 0 aliphatic heterocycles. The standard InChI is InChI=1S/C3H5I.C3H4N2/c1-2-3-4;1-2-5-3-4-1/h2H,1,3H2;1-3H,(H,4,5). The second-order valence-corrected chi connectivity index (χ2v) is 2.08. The molecule has 0 saturated heterocycles. The Kier molecular flexibility index (Phi) is 7.41. The average Bonchev–Trinajstić information content (AvgIpc) is 2.43. The first-order valence-electron chi connectivity index (χ1n) is 2.51. The topological polar surface area (TPSA) is 28.7 Å². The van der Waals surface area contributed by atoms with Gasteiger partial charge in [0.15, 0.2) is 0 Å². The molecule has 0 radical (unpaired) electrons. The van der Waals surface area contributed by atoms with Gasteiger partial charge in [-0.1, -0.05) is 28.7 Å². The number of alkyl halides is 1. The first-order valence-corrected chi connectivity index (χ1v) is 4.04. The summed E-state index contributed by atoms with van der Waals surface area (Å²) in [6, 6.07) is 0. The van der Waals surface area contributed by atoms with E-state index in [1.165, 1.54) is 0 Å². The van der Waals surface area contributed by atoms with Gasteiger partial charge in [0.25, 0.3) is 0 Å². The summed E-state index contributed by atoms with van der Waals surface area (Å²) < 4.78 is 1.05. The van der Waals surface area contributed by atoms with E-state index in [4.69, 9.17) is 0 Å². The number of aromatic nitrogens is 2. The molecule has 0 atom stereocenters. The van der Waals surface area contributed by atoms with Crippen molar-refractivity contribution in [2.45, 2.75) is 0 Å². The molecule has 1 aromatic heterocycles. The van der Waals surface area contributed by atoms with E-state index in [1.54, 1.807) is 18.7 Å². The third-order valence-electron chi connectivity index (χ3n) is 0.515. The van der Waals surface area contributed by atoms with Crippen LogP contribution in [0, 0.1) is 0 Å².